The number of rotatable bonds is 4. The van der Waals surface area contributed by atoms with Crippen molar-refractivity contribution in [3.05, 3.63) is 76.4 Å². The van der Waals surface area contributed by atoms with E-state index in [-0.39, 0.29) is 10.6 Å². The number of nitrogens with zero attached hydrogens (tertiary/aromatic N) is 3. The molecular formula is C17H15N3O2. The molecule has 5 nitrogen and oxygen atoms in total. The van der Waals surface area contributed by atoms with E-state index in [4.69, 9.17) is 0 Å². The van der Waals surface area contributed by atoms with Gasteiger partial charge in [-0.3, -0.25) is 15.1 Å². The highest BCUT2D eigenvalue weighted by atomic mass is 16.6. The van der Waals surface area contributed by atoms with Crippen LogP contribution < -0.4 is 5.01 Å². The molecule has 1 aliphatic heterocycles. The average Bonchev–Trinajstić information content (AvgIpc) is 3.03. The number of benzene rings is 2. The topological polar surface area (TPSA) is 58.7 Å². The molecule has 2 aromatic rings. The minimum absolute atomic E-state index is 0.109. The van der Waals surface area contributed by atoms with Crippen molar-refractivity contribution in [1.29, 1.82) is 0 Å². The Labute approximate surface area is 128 Å². The SMILES string of the molecule is O=[N+]([O-])c1ccccc1/C=C/C1=NN(c2ccccc2)CC1. The fourth-order valence-corrected chi connectivity index (χ4v) is 2.36. The fraction of sp³-hybridized carbons (Fsp3) is 0.118. The molecule has 0 atom stereocenters. The van der Waals surface area contributed by atoms with E-state index in [9.17, 15) is 10.1 Å². The Morgan fingerprint density at radius 2 is 1.77 bits per heavy atom. The summed E-state index contributed by atoms with van der Waals surface area (Å²) in [6.07, 6.45) is 4.43. The summed E-state index contributed by atoms with van der Waals surface area (Å²) in [6.45, 7) is 0.820. The molecule has 0 spiro atoms. The summed E-state index contributed by atoms with van der Waals surface area (Å²) in [5.41, 5.74) is 2.67. The Kier molecular flexibility index (Phi) is 3.96. The van der Waals surface area contributed by atoms with Gasteiger partial charge in [0, 0.05) is 19.0 Å². The molecule has 0 amide bonds. The molecular weight excluding hydrogens is 278 g/mol. The van der Waals surface area contributed by atoms with Gasteiger partial charge in [-0.2, -0.15) is 5.10 Å². The van der Waals surface area contributed by atoms with E-state index in [0.29, 0.717) is 5.56 Å². The molecule has 3 rings (SSSR count). The van der Waals surface area contributed by atoms with E-state index in [1.54, 1.807) is 24.3 Å². The summed E-state index contributed by atoms with van der Waals surface area (Å²) in [6, 6.07) is 16.7. The first-order valence-electron chi connectivity index (χ1n) is 7.05. The molecule has 0 unspecified atom stereocenters. The second kappa shape index (κ2) is 6.22. The second-order valence-electron chi connectivity index (χ2n) is 4.95. The van der Waals surface area contributed by atoms with Crippen molar-refractivity contribution >= 4 is 23.2 Å². The van der Waals surface area contributed by atoms with Crippen LogP contribution in [0.1, 0.15) is 12.0 Å². The van der Waals surface area contributed by atoms with E-state index in [1.807, 2.05) is 41.4 Å². The van der Waals surface area contributed by atoms with E-state index in [0.717, 1.165) is 24.4 Å². The number of anilines is 1. The third-order valence-electron chi connectivity index (χ3n) is 3.47. The molecule has 0 bridgehead atoms. The minimum atomic E-state index is -0.369. The molecule has 0 saturated carbocycles. The lowest BCUT2D eigenvalue weighted by molar-refractivity contribution is -0.385. The zero-order chi connectivity index (χ0) is 15.4. The first kappa shape index (κ1) is 14.0. The van der Waals surface area contributed by atoms with Crippen LogP contribution in [-0.4, -0.2) is 17.2 Å². The number of allylic oxidation sites excluding steroid dienone is 1. The van der Waals surface area contributed by atoms with Gasteiger partial charge in [0.1, 0.15) is 0 Å². The van der Waals surface area contributed by atoms with Crippen molar-refractivity contribution in [2.45, 2.75) is 6.42 Å². The minimum Gasteiger partial charge on any atom is -0.265 e. The van der Waals surface area contributed by atoms with Crippen molar-refractivity contribution in [1.82, 2.24) is 0 Å². The van der Waals surface area contributed by atoms with Gasteiger partial charge in [0.05, 0.1) is 21.9 Å². The maximum absolute atomic E-state index is 11.0. The van der Waals surface area contributed by atoms with Gasteiger partial charge in [-0.25, -0.2) is 0 Å². The molecule has 22 heavy (non-hydrogen) atoms. The van der Waals surface area contributed by atoms with Crippen LogP contribution in [0.15, 0.2) is 65.8 Å². The highest BCUT2D eigenvalue weighted by molar-refractivity contribution is 6.00. The predicted octanol–water partition coefficient (Wildman–Crippen LogP) is 3.87. The smallest absolute Gasteiger partial charge is 0.265 e. The van der Waals surface area contributed by atoms with E-state index < -0.39 is 0 Å². The summed E-state index contributed by atoms with van der Waals surface area (Å²) in [5, 5.41) is 17.5. The first-order chi connectivity index (χ1) is 10.7. The van der Waals surface area contributed by atoms with Gasteiger partial charge in [0.15, 0.2) is 0 Å². The van der Waals surface area contributed by atoms with Gasteiger partial charge in [-0.1, -0.05) is 30.3 Å². The van der Waals surface area contributed by atoms with Crippen LogP contribution in [0.4, 0.5) is 11.4 Å². The van der Waals surface area contributed by atoms with Crippen molar-refractivity contribution < 1.29 is 4.92 Å². The lowest BCUT2D eigenvalue weighted by Gasteiger charge is -2.12. The number of para-hydroxylation sites is 2. The Bertz CT molecular complexity index is 739. The molecule has 0 saturated heterocycles. The van der Waals surface area contributed by atoms with E-state index >= 15 is 0 Å². The normalized spacial score (nSPS) is 14.4. The summed E-state index contributed by atoms with van der Waals surface area (Å²) in [4.78, 5) is 10.6. The molecule has 110 valence electrons. The van der Waals surface area contributed by atoms with Gasteiger partial charge in [0.25, 0.3) is 5.69 Å². The molecule has 0 aromatic heterocycles. The number of nitro groups is 1. The van der Waals surface area contributed by atoms with Crippen molar-refractivity contribution in [3.8, 4) is 0 Å². The number of hydrogen-bond donors (Lipinski definition) is 0. The third kappa shape index (κ3) is 3.03. The van der Waals surface area contributed by atoms with Crippen LogP contribution in [0.25, 0.3) is 6.08 Å². The lowest BCUT2D eigenvalue weighted by atomic mass is 10.1. The van der Waals surface area contributed by atoms with Gasteiger partial charge in [-0.15, -0.1) is 0 Å². The van der Waals surface area contributed by atoms with Crippen molar-refractivity contribution in [2.24, 2.45) is 5.10 Å². The van der Waals surface area contributed by atoms with Crippen LogP contribution in [-0.2, 0) is 0 Å². The van der Waals surface area contributed by atoms with Crippen LogP contribution in [0, 0.1) is 10.1 Å². The second-order valence-corrected chi connectivity index (χ2v) is 4.95. The quantitative estimate of drug-likeness (QED) is 0.635. The summed E-state index contributed by atoms with van der Waals surface area (Å²) in [5.74, 6) is 0. The highest BCUT2D eigenvalue weighted by Gasteiger charge is 2.14. The van der Waals surface area contributed by atoms with Crippen molar-refractivity contribution in [3.63, 3.8) is 0 Å². The Morgan fingerprint density at radius 3 is 2.55 bits per heavy atom. The maximum atomic E-state index is 11.0. The maximum Gasteiger partial charge on any atom is 0.276 e. The monoisotopic (exact) mass is 293 g/mol. The summed E-state index contributed by atoms with van der Waals surface area (Å²) < 4.78 is 0. The summed E-state index contributed by atoms with van der Waals surface area (Å²) in [7, 11) is 0. The van der Waals surface area contributed by atoms with E-state index in [1.165, 1.54) is 6.07 Å². The molecule has 2 aromatic carbocycles. The van der Waals surface area contributed by atoms with Crippen LogP contribution in [0.3, 0.4) is 0 Å². The zero-order valence-corrected chi connectivity index (χ0v) is 11.9. The molecule has 5 heteroatoms. The third-order valence-corrected chi connectivity index (χ3v) is 3.47. The Morgan fingerprint density at radius 1 is 1.05 bits per heavy atom. The molecule has 1 aliphatic rings. The lowest BCUT2D eigenvalue weighted by Crippen LogP contribution is -2.11. The number of hydrazone groups is 1. The number of nitro benzene ring substituents is 1. The fourth-order valence-electron chi connectivity index (χ4n) is 2.36. The van der Waals surface area contributed by atoms with Gasteiger partial charge >= 0.3 is 0 Å². The summed E-state index contributed by atoms with van der Waals surface area (Å²) >= 11 is 0. The van der Waals surface area contributed by atoms with Crippen LogP contribution >= 0.6 is 0 Å². The van der Waals surface area contributed by atoms with Gasteiger partial charge in [-0.05, 0) is 30.4 Å². The van der Waals surface area contributed by atoms with Crippen molar-refractivity contribution in [2.75, 3.05) is 11.6 Å². The number of hydrogen-bond acceptors (Lipinski definition) is 4. The molecule has 0 aliphatic carbocycles. The average molecular weight is 293 g/mol. The predicted molar refractivity (Wildman–Crippen MR) is 88.0 cm³/mol. The molecule has 0 radical (unpaired) electrons. The largest absolute Gasteiger partial charge is 0.276 e. The van der Waals surface area contributed by atoms with Gasteiger partial charge < -0.3 is 0 Å². The van der Waals surface area contributed by atoms with Crippen LogP contribution in [0.2, 0.25) is 0 Å². The molecule has 0 fully saturated rings. The molecule has 0 N–H and O–H groups in total. The standard InChI is InChI=1S/C17H15N3O2/c21-20(22)17-9-5-4-6-14(17)10-11-15-12-13-19(18-15)16-7-2-1-3-8-16/h1-11H,12-13H2/b11-10+. The Balaban J connectivity index is 1.78. The zero-order valence-electron chi connectivity index (χ0n) is 11.9. The van der Waals surface area contributed by atoms with Gasteiger partial charge in [0.2, 0.25) is 0 Å². The Hall–Kier alpha value is -2.95. The first-order valence-corrected chi connectivity index (χ1v) is 7.05. The highest BCUT2D eigenvalue weighted by Crippen LogP contribution is 2.21. The van der Waals surface area contributed by atoms with E-state index in [2.05, 4.69) is 5.10 Å². The molecule has 1 heterocycles. The van der Waals surface area contributed by atoms with Crippen LogP contribution in [0.5, 0.6) is 0 Å².